The van der Waals surface area contributed by atoms with E-state index in [1.165, 1.54) is 6.07 Å². The van der Waals surface area contributed by atoms with E-state index in [9.17, 15) is 4.39 Å². The zero-order valence-electron chi connectivity index (χ0n) is 15.8. The van der Waals surface area contributed by atoms with Crippen LogP contribution in [0.25, 0.3) is 0 Å². The largest absolute Gasteiger partial charge is 0.356 e. The predicted octanol–water partition coefficient (Wildman–Crippen LogP) is 4.15. The molecule has 0 bridgehead atoms. The highest BCUT2D eigenvalue weighted by atomic mass is 127. The summed E-state index contributed by atoms with van der Waals surface area (Å²) in [5.74, 6) is 0.557. The van der Waals surface area contributed by atoms with E-state index in [4.69, 9.17) is 4.98 Å². The first-order valence-electron chi connectivity index (χ1n) is 8.52. The highest BCUT2D eigenvalue weighted by Crippen LogP contribution is 2.23. The summed E-state index contributed by atoms with van der Waals surface area (Å²) < 4.78 is 13.2. The molecule has 4 nitrogen and oxygen atoms in total. The van der Waals surface area contributed by atoms with Crippen molar-refractivity contribution in [3.8, 4) is 0 Å². The minimum atomic E-state index is -0.196. The smallest absolute Gasteiger partial charge is 0.191 e. The molecule has 0 saturated carbocycles. The second kappa shape index (κ2) is 10.8. The number of guanidine groups is 1. The molecular weight excluding hydrogens is 462 g/mol. The molecule has 0 radical (unpaired) electrons. The molecule has 2 aromatic rings. The van der Waals surface area contributed by atoms with Gasteiger partial charge in [-0.05, 0) is 24.1 Å². The number of benzene rings is 1. The lowest BCUT2D eigenvalue weighted by molar-refractivity contribution is 0.570. The second-order valence-corrected chi connectivity index (χ2v) is 7.87. The maximum absolute atomic E-state index is 13.2. The molecule has 0 fully saturated rings. The van der Waals surface area contributed by atoms with Crippen LogP contribution in [0.4, 0.5) is 4.39 Å². The number of nitrogens with zero attached hydrogens (tertiary/aromatic N) is 2. The van der Waals surface area contributed by atoms with Crippen LogP contribution in [0.5, 0.6) is 0 Å². The molecule has 1 aromatic carbocycles. The van der Waals surface area contributed by atoms with Crippen molar-refractivity contribution >= 4 is 41.3 Å². The standard InChI is InChI=1S/C19H27FN4S.HI/c1-19(2,3)16-13-25-17(24-16)9-11-23-18(21-4)22-10-8-14-6-5-7-15(20)12-14;/h5-7,12-13H,8-11H2,1-4H3,(H2,21,22,23);1H. The normalized spacial score (nSPS) is 11.8. The third kappa shape index (κ3) is 7.57. The van der Waals surface area contributed by atoms with E-state index in [2.05, 4.69) is 41.8 Å². The Morgan fingerprint density at radius 1 is 1.19 bits per heavy atom. The first-order chi connectivity index (χ1) is 11.9. The fourth-order valence-electron chi connectivity index (χ4n) is 2.30. The molecule has 1 aromatic heterocycles. The Balaban J connectivity index is 0.00000338. The SMILES string of the molecule is CN=C(NCCc1cccc(F)c1)NCCc1nc(C(C)(C)C)cs1.I. The first kappa shape index (κ1) is 22.8. The molecule has 1 heterocycles. The van der Waals surface area contributed by atoms with Gasteiger partial charge in [0.2, 0.25) is 0 Å². The topological polar surface area (TPSA) is 49.3 Å². The third-order valence-corrected chi connectivity index (χ3v) is 4.68. The Morgan fingerprint density at radius 3 is 2.46 bits per heavy atom. The fourth-order valence-corrected chi connectivity index (χ4v) is 3.32. The minimum absolute atomic E-state index is 0. The van der Waals surface area contributed by atoms with Gasteiger partial charge in [0.15, 0.2) is 5.96 Å². The molecule has 0 spiro atoms. The van der Waals surface area contributed by atoms with Gasteiger partial charge in [-0.2, -0.15) is 0 Å². The molecule has 2 N–H and O–H groups in total. The van der Waals surface area contributed by atoms with Gasteiger partial charge in [0.1, 0.15) is 5.82 Å². The van der Waals surface area contributed by atoms with E-state index in [0.717, 1.165) is 41.6 Å². The molecule has 0 aliphatic rings. The third-order valence-electron chi connectivity index (χ3n) is 3.77. The monoisotopic (exact) mass is 490 g/mol. The molecular formula is C19H28FIN4S. The van der Waals surface area contributed by atoms with Crippen LogP contribution in [-0.2, 0) is 18.3 Å². The van der Waals surface area contributed by atoms with E-state index >= 15 is 0 Å². The van der Waals surface area contributed by atoms with Crippen LogP contribution in [0, 0.1) is 5.82 Å². The van der Waals surface area contributed by atoms with Gasteiger partial charge in [0.25, 0.3) is 0 Å². The molecule has 0 amide bonds. The van der Waals surface area contributed by atoms with Crippen molar-refractivity contribution in [1.29, 1.82) is 0 Å². The number of aliphatic imine (C=N–C) groups is 1. The minimum Gasteiger partial charge on any atom is -0.356 e. The molecule has 7 heteroatoms. The molecule has 144 valence electrons. The summed E-state index contributed by atoms with van der Waals surface area (Å²) in [5.41, 5.74) is 2.21. The number of hydrogen-bond donors (Lipinski definition) is 2. The summed E-state index contributed by atoms with van der Waals surface area (Å²) in [6, 6.07) is 6.68. The van der Waals surface area contributed by atoms with Gasteiger partial charge < -0.3 is 10.6 Å². The average Bonchev–Trinajstić information content (AvgIpc) is 3.02. The summed E-state index contributed by atoms with van der Waals surface area (Å²) in [6.45, 7) is 8.00. The Hall–Kier alpha value is -1.22. The Bertz CT molecular complexity index is 710. The second-order valence-electron chi connectivity index (χ2n) is 6.93. The van der Waals surface area contributed by atoms with Crippen molar-refractivity contribution in [2.24, 2.45) is 4.99 Å². The first-order valence-corrected chi connectivity index (χ1v) is 9.40. The van der Waals surface area contributed by atoms with Crippen molar-refractivity contribution < 1.29 is 4.39 Å². The number of aromatic nitrogens is 1. The Labute approximate surface area is 176 Å². The highest BCUT2D eigenvalue weighted by molar-refractivity contribution is 14.0. The molecule has 0 saturated heterocycles. The van der Waals surface area contributed by atoms with Gasteiger partial charge in [-0.1, -0.05) is 32.9 Å². The summed E-state index contributed by atoms with van der Waals surface area (Å²) in [5, 5.41) is 9.82. The summed E-state index contributed by atoms with van der Waals surface area (Å²) in [6.07, 6.45) is 1.62. The predicted molar refractivity (Wildman–Crippen MR) is 119 cm³/mol. The molecule has 2 rings (SSSR count). The van der Waals surface area contributed by atoms with Crippen LogP contribution in [0.2, 0.25) is 0 Å². The van der Waals surface area contributed by atoms with E-state index in [-0.39, 0.29) is 35.2 Å². The number of thiazole rings is 1. The molecule has 0 aliphatic heterocycles. The highest BCUT2D eigenvalue weighted by Gasteiger charge is 2.17. The van der Waals surface area contributed by atoms with Gasteiger partial charge in [-0.15, -0.1) is 35.3 Å². The summed E-state index contributed by atoms with van der Waals surface area (Å²) >= 11 is 1.71. The zero-order valence-corrected chi connectivity index (χ0v) is 19.0. The number of hydrogen-bond acceptors (Lipinski definition) is 3. The lowest BCUT2D eigenvalue weighted by atomic mass is 9.93. The average molecular weight is 490 g/mol. The van der Waals surface area contributed by atoms with E-state index in [0.29, 0.717) is 6.54 Å². The maximum Gasteiger partial charge on any atom is 0.191 e. The molecule has 0 aliphatic carbocycles. The number of halogens is 2. The van der Waals surface area contributed by atoms with Crippen LogP contribution in [-0.4, -0.2) is 31.1 Å². The van der Waals surface area contributed by atoms with Gasteiger partial charge in [-0.3, -0.25) is 4.99 Å². The lowest BCUT2D eigenvalue weighted by Gasteiger charge is -2.14. The van der Waals surface area contributed by atoms with Crippen LogP contribution in [0.3, 0.4) is 0 Å². The van der Waals surface area contributed by atoms with Gasteiger partial charge >= 0.3 is 0 Å². The van der Waals surface area contributed by atoms with E-state index in [1.54, 1.807) is 30.5 Å². The van der Waals surface area contributed by atoms with Crippen molar-refractivity contribution in [2.45, 2.75) is 39.0 Å². The van der Waals surface area contributed by atoms with Crippen LogP contribution < -0.4 is 10.6 Å². The van der Waals surface area contributed by atoms with Crippen LogP contribution in [0.1, 0.15) is 37.0 Å². The van der Waals surface area contributed by atoms with Crippen molar-refractivity contribution in [3.05, 3.63) is 51.7 Å². The zero-order chi connectivity index (χ0) is 18.3. The lowest BCUT2D eigenvalue weighted by Crippen LogP contribution is -2.39. The number of rotatable bonds is 6. The molecule has 0 unspecified atom stereocenters. The van der Waals surface area contributed by atoms with Crippen LogP contribution >= 0.6 is 35.3 Å². The van der Waals surface area contributed by atoms with Crippen molar-refractivity contribution in [1.82, 2.24) is 15.6 Å². The van der Waals surface area contributed by atoms with Gasteiger partial charge in [0.05, 0.1) is 10.7 Å². The maximum atomic E-state index is 13.2. The van der Waals surface area contributed by atoms with Gasteiger partial charge in [0, 0.05) is 37.4 Å². The van der Waals surface area contributed by atoms with Gasteiger partial charge in [-0.25, -0.2) is 9.37 Å². The van der Waals surface area contributed by atoms with Crippen molar-refractivity contribution in [2.75, 3.05) is 20.1 Å². The van der Waals surface area contributed by atoms with E-state index < -0.39 is 0 Å². The summed E-state index contributed by atoms with van der Waals surface area (Å²) in [7, 11) is 1.75. The molecule has 0 atom stereocenters. The fraction of sp³-hybridized carbons (Fsp3) is 0.474. The van der Waals surface area contributed by atoms with Crippen molar-refractivity contribution in [3.63, 3.8) is 0 Å². The number of nitrogens with one attached hydrogen (secondary N) is 2. The molecule has 26 heavy (non-hydrogen) atoms. The Kier molecular flexibility index (Phi) is 9.49. The Morgan fingerprint density at radius 2 is 1.88 bits per heavy atom. The summed E-state index contributed by atoms with van der Waals surface area (Å²) in [4.78, 5) is 8.91. The van der Waals surface area contributed by atoms with Crippen LogP contribution in [0.15, 0.2) is 34.6 Å². The van der Waals surface area contributed by atoms with E-state index in [1.807, 2.05) is 6.07 Å². The quantitative estimate of drug-likeness (QED) is 0.364.